The van der Waals surface area contributed by atoms with Gasteiger partial charge in [0.15, 0.2) is 5.78 Å². The van der Waals surface area contributed by atoms with E-state index in [1.807, 2.05) is 28.1 Å². The molecule has 3 aliphatic rings. The van der Waals surface area contributed by atoms with Crippen LogP contribution in [0.25, 0.3) is 21.8 Å². The van der Waals surface area contributed by atoms with Gasteiger partial charge in [0.1, 0.15) is 5.69 Å². The van der Waals surface area contributed by atoms with Gasteiger partial charge in [-0.1, -0.05) is 12.1 Å². The first-order valence-electron chi connectivity index (χ1n) is 13.6. The second-order valence-corrected chi connectivity index (χ2v) is 11.6. The Labute approximate surface area is 236 Å². The fraction of sp³-hybridized carbons (Fsp3) is 0.429. The molecule has 2 aliphatic heterocycles. The number of benzene rings is 1. The number of hydrazine groups is 1. The average molecular weight is 564 g/mol. The number of carbonyl (C=O) groups is 3. The Bertz CT molecular complexity index is 1450. The number of nitrogens with one attached hydrogen (secondary N) is 3. The van der Waals surface area contributed by atoms with Gasteiger partial charge >= 0.3 is 6.03 Å². The molecule has 3 aromatic rings. The number of anilines is 1. The van der Waals surface area contributed by atoms with E-state index in [0.29, 0.717) is 51.8 Å². The number of hydrogen-bond acceptors (Lipinski definition) is 8. The topological polar surface area (TPSA) is 123 Å². The fourth-order valence-corrected chi connectivity index (χ4v) is 6.76. The molecule has 40 heavy (non-hydrogen) atoms. The van der Waals surface area contributed by atoms with Crippen LogP contribution in [0.1, 0.15) is 44.9 Å². The van der Waals surface area contributed by atoms with Gasteiger partial charge in [-0.2, -0.15) is 5.10 Å². The molecule has 3 amide bonds. The van der Waals surface area contributed by atoms with Crippen LogP contribution in [0.4, 0.5) is 10.5 Å². The zero-order chi connectivity index (χ0) is 27.8. The molecule has 1 aliphatic carbocycles. The van der Waals surface area contributed by atoms with Gasteiger partial charge < -0.3 is 19.9 Å². The highest BCUT2D eigenvalue weighted by molar-refractivity contribution is 7.17. The minimum absolute atomic E-state index is 0.0107. The Morgan fingerprint density at radius 1 is 1.10 bits per heavy atom. The maximum atomic E-state index is 13.8. The Kier molecular flexibility index (Phi) is 7.41. The van der Waals surface area contributed by atoms with E-state index in [1.165, 1.54) is 11.3 Å². The van der Waals surface area contributed by atoms with Crippen molar-refractivity contribution in [3.8, 4) is 21.8 Å². The Morgan fingerprint density at radius 3 is 2.83 bits per heavy atom. The van der Waals surface area contributed by atoms with E-state index in [9.17, 15) is 14.4 Å². The first kappa shape index (κ1) is 26.6. The maximum Gasteiger partial charge on any atom is 0.333 e. The third-order valence-electron chi connectivity index (χ3n) is 7.84. The van der Waals surface area contributed by atoms with Crippen LogP contribution in [-0.2, 0) is 4.74 Å². The van der Waals surface area contributed by atoms with Crippen LogP contribution >= 0.6 is 11.3 Å². The molecule has 0 unspecified atom stereocenters. The highest BCUT2D eigenvalue weighted by Gasteiger charge is 2.36. The van der Waals surface area contributed by atoms with Crippen LogP contribution in [0, 0.1) is 0 Å². The van der Waals surface area contributed by atoms with Crippen molar-refractivity contribution in [2.45, 2.75) is 25.3 Å². The maximum absolute atomic E-state index is 13.8. The average Bonchev–Trinajstić information content (AvgIpc) is 3.71. The Hall–Kier alpha value is -3.58. The quantitative estimate of drug-likeness (QED) is 0.329. The SMILES string of the molecule is COC[C@H]1CCCN1NC(=O)Nc1cccc2c1C(=O)c1c(-c3ccc(C(=O)N4CCCN(C)CC4)s3)n[nH]c1-2. The number of fused-ring (bicyclic) bond motifs is 3. The lowest BCUT2D eigenvalue weighted by Gasteiger charge is -2.24. The number of aromatic amines is 1. The number of ether oxygens (including phenoxy) is 1. The number of amides is 3. The molecule has 2 saturated heterocycles. The van der Waals surface area contributed by atoms with E-state index < -0.39 is 6.03 Å². The van der Waals surface area contributed by atoms with Gasteiger partial charge in [0.25, 0.3) is 5.91 Å². The lowest BCUT2D eigenvalue weighted by Crippen LogP contribution is -2.48. The number of thiophene rings is 1. The lowest BCUT2D eigenvalue weighted by molar-refractivity contribution is 0.0767. The van der Waals surface area contributed by atoms with Crippen molar-refractivity contribution >= 4 is 34.7 Å². The van der Waals surface area contributed by atoms with Crippen LogP contribution in [-0.4, -0.2) is 102 Å². The van der Waals surface area contributed by atoms with Gasteiger partial charge in [0.05, 0.1) is 44.9 Å². The molecule has 210 valence electrons. The van der Waals surface area contributed by atoms with Crippen LogP contribution in [0.5, 0.6) is 0 Å². The molecule has 1 atom stereocenters. The first-order valence-corrected chi connectivity index (χ1v) is 14.4. The van der Waals surface area contributed by atoms with Crippen molar-refractivity contribution in [1.82, 2.24) is 30.4 Å². The third-order valence-corrected chi connectivity index (χ3v) is 8.92. The van der Waals surface area contributed by atoms with Crippen molar-refractivity contribution in [2.24, 2.45) is 0 Å². The van der Waals surface area contributed by atoms with E-state index >= 15 is 0 Å². The molecule has 4 heterocycles. The summed E-state index contributed by atoms with van der Waals surface area (Å²) in [5.41, 5.74) is 6.06. The van der Waals surface area contributed by atoms with Gasteiger partial charge in [-0.05, 0) is 51.1 Å². The van der Waals surface area contributed by atoms with E-state index in [0.717, 1.165) is 50.3 Å². The zero-order valence-corrected chi connectivity index (χ0v) is 23.5. The van der Waals surface area contributed by atoms with Gasteiger partial charge in [-0.3, -0.25) is 20.1 Å². The van der Waals surface area contributed by atoms with Crippen molar-refractivity contribution in [3.05, 3.63) is 46.3 Å². The van der Waals surface area contributed by atoms with E-state index in [1.54, 1.807) is 19.2 Å². The van der Waals surface area contributed by atoms with Gasteiger partial charge in [0, 0.05) is 38.9 Å². The van der Waals surface area contributed by atoms with E-state index in [-0.39, 0.29) is 17.7 Å². The number of urea groups is 1. The first-order chi connectivity index (χ1) is 19.4. The Morgan fingerprint density at radius 2 is 1.98 bits per heavy atom. The summed E-state index contributed by atoms with van der Waals surface area (Å²) in [5.74, 6) is -0.198. The summed E-state index contributed by atoms with van der Waals surface area (Å²) in [6.45, 7) is 4.54. The molecule has 11 nitrogen and oxygen atoms in total. The number of ketones is 1. The number of H-pyrrole nitrogens is 1. The second kappa shape index (κ2) is 11.1. The standard InChI is InChI=1S/C28H33N7O4S/c1-33-11-5-12-34(15-14-33)27(37)21-10-9-20(40-21)25-23-24(30-31-25)18-7-3-8-19(22(18)26(23)36)29-28(38)32-35-13-4-6-17(35)16-39-2/h3,7-10,17H,4-6,11-16H2,1-2H3,(H,30,31)(H2,29,32,38)/t17-/m1/s1. The smallest absolute Gasteiger partial charge is 0.333 e. The van der Waals surface area contributed by atoms with Gasteiger partial charge in [-0.15, -0.1) is 11.3 Å². The molecule has 6 rings (SSSR count). The van der Waals surface area contributed by atoms with Gasteiger partial charge in [0.2, 0.25) is 0 Å². The predicted molar refractivity (Wildman–Crippen MR) is 153 cm³/mol. The van der Waals surface area contributed by atoms with Gasteiger partial charge in [-0.25, -0.2) is 9.80 Å². The summed E-state index contributed by atoms with van der Waals surface area (Å²) < 4.78 is 5.27. The number of carbonyl (C=O) groups excluding carboxylic acids is 3. The molecule has 2 aromatic heterocycles. The van der Waals surface area contributed by atoms with Crippen molar-refractivity contribution in [3.63, 3.8) is 0 Å². The molecule has 0 radical (unpaired) electrons. The van der Waals surface area contributed by atoms with Crippen molar-refractivity contribution < 1.29 is 19.1 Å². The number of nitrogens with zero attached hydrogens (tertiary/aromatic N) is 4. The number of methoxy groups -OCH3 is 1. The lowest BCUT2D eigenvalue weighted by atomic mass is 10.1. The second-order valence-electron chi connectivity index (χ2n) is 10.5. The summed E-state index contributed by atoms with van der Waals surface area (Å²) in [4.78, 5) is 45.4. The highest BCUT2D eigenvalue weighted by atomic mass is 32.1. The van der Waals surface area contributed by atoms with Crippen LogP contribution < -0.4 is 10.7 Å². The molecule has 12 heteroatoms. The van der Waals surface area contributed by atoms with Crippen LogP contribution in [0.3, 0.4) is 0 Å². The Balaban J connectivity index is 1.21. The number of likely N-dealkylation sites (N-methyl/N-ethyl adjacent to an activating group) is 1. The molecule has 0 spiro atoms. The summed E-state index contributed by atoms with van der Waals surface area (Å²) in [6.07, 6.45) is 2.87. The van der Waals surface area contributed by atoms with E-state index in [2.05, 4.69) is 32.9 Å². The fourth-order valence-electron chi connectivity index (χ4n) is 5.79. The molecule has 2 fully saturated rings. The number of hydrogen-bond donors (Lipinski definition) is 3. The predicted octanol–water partition coefficient (Wildman–Crippen LogP) is 3.27. The minimum Gasteiger partial charge on any atom is -0.383 e. The monoisotopic (exact) mass is 563 g/mol. The van der Waals surface area contributed by atoms with Crippen LogP contribution in [0.2, 0.25) is 0 Å². The summed E-state index contributed by atoms with van der Waals surface area (Å²) in [6, 6.07) is 8.77. The minimum atomic E-state index is -0.403. The van der Waals surface area contributed by atoms with Crippen LogP contribution in [0.15, 0.2) is 30.3 Å². The number of rotatable bonds is 6. The molecule has 3 N–H and O–H groups in total. The summed E-state index contributed by atoms with van der Waals surface area (Å²) in [5, 5.41) is 12.3. The molecular formula is C28H33N7O4S. The summed E-state index contributed by atoms with van der Waals surface area (Å²) >= 11 is 1.35. The molecule has 1 aromatic carbocycles. The highest BCUT2D eigenvalue weighted by Crippen LogP contribution is 2.44. The van der Waals surface area contributed by atoms with E-state index in [4.69, 9.17) is 4.74 Å². The molecular weight excluding hydrogens is 530 g/mol. The van der Waals surface area contributed by atoms with Crippen molar-refractivity contribution in [2.75, 3.05) is 58.8 Å². The normalized spacial score (nSPS) is 19.4. The largest absolute Gasteiger partial charge is 0.383 e. The molecule has 0 bridgehead atoms. The van der Waals surface area contributed by atoms with Crippen molar-refractivity contribution in [1.29, 1.82) is 0 Å². The zero-order valence-electron chi connectivity index (χ0n) is 22.7. The molecule has 0 saturated carbocycles. The summed E-state index contributed by atoms with van der Waals surface area (Å²) in [7, 11) is 3.72. The number of aromatic nitrogens is 2. The third kappa shape index (κ3) is 4.92.